The number of nitrogens with zero attached hydrogens (tertiary/aromatic N) is 2. The van der Waals surface area contributed by atoms with Crippen LogP contribution in [0.2, 0.25) is 0 Å². The molecule has 7 heteroatoms. The number of hydrogen-bond donors (Lipinski definition) is 1. The number of rotatable bonds is 3. The number of benzene rings is 1. The van der Waals surface area contributed by atoms with E-state index < -0.39 is 23.9 Å². The van der Waals surface area contributed by atoms with Crippen molar-refractivity contribution in [1.29, 1.82) is 0 Å². The van der Waals surface area contributed by atoms with Gasteiger partial charge in [0.15, 0.2) is 0 Å². The Hall–Kier alpha value is -1.60. The molecule has 126 valence electrons. The van der Waals surface area contributed by atoms with E-state index in [9.17, 15) is 23.1 Å². The van der Waals surface area contributed by atoms with E-state index in [2.05, 4.69) is 0 Å². The van der Waals surface area contributed by atoms with Crippen LogP contribution in [0.4, 0.5) is 13.2 Å². The van der Waals surface area contributed by atoms with E-state index in [1.54, 1.807) is 15.9 Å². The Morgan fingerprint density at radius 2 is 1.96 bits per heavy atom. The Bertz CT molecular complexity index is 587. The number of aliphatic hydroxyl groups is 1. The molecule has 2 aliphatic rings. The molecule has 2 saturated heterocycles. The molecular weight excluding hydrogens is 309 g/mol. The van der Waals surface area contributed by atoms with Gasteiger partial charge in [0.1, 0.15) is 0 Å². The monoisotopic (exact) mass is 328 g/mol. The highest BCUT2D eigenvalue weighted by molar-refractivity contribution is 5.79. The van der Waals surface area contributed by atoms with Crippen LogP contribution in [0.25, 0.3) is 0 Å². The normalized spacial score (nSPS) is 25.5. The lowest BCUT2D eigenvalue weighted by Crippen LogP contribution is -2.47. The summed E-state index contributed by atoms with van der Waals surface area (Å²) in [4.78, 5) is 15.5. The van der Waals surface area contributed by atoms with Gasteiger partial charge in [-0.2, -0.15) is 13.2 Å². The highest BCUT2D eigenvalue weighted by Gasteiger charge is 2.40. The number of carbonyl (C=O) groups excluding carboxylic acids is 1. The summed E-state index contributed by atoms with van der Waals surface area (Å²) < 4.78 is 39.7. The minimum absolute atomic E-state index is 0.0495. The minimum atomic E-state index is -4.45. The van der Waals surface area contributed by atoms with E-state index in [1.807, 2.05) is 0 Å². The maximum atomic E-state index is 13.2. The van der Waals surface area contributed by atoms with Gasteiger partial charge in [0.05, 0.1) is 18.2 Å². The average Bonchev–Trinajstić information content (AvgIpc) is 2.76. The van der Waals surface area contributed by atoms with E-state index >= 15 is 0 Å². The summed E-state index contributed by atoms with van der Waals surface area (Å²) in [5.74, 6) is -0.0835. The number of halogens is 3. The van der Waals surface area contributed by atoms with Crippen molar-refractivity contribution in [3.63, 3.8) is 0 Å². The first-order valence-electron chi connectivity index (χ1n) is 7.72. The van der Waals surface area contributed by atoms with Crippen molar-refractivity contribution >= 4 is 5.91 Å². The van der Waals surface area contributed by atoms with Crippen molar-refractivity contribution in [3.05, 3.63) is 35.4 Å². The third-order valence-electron chi connectivity index (χ3n) is 4.55. The fraction of sp³-hybridized carbons (Fsp3) is 0.562. The molecule has 2 fully saturated rings. The molecule has 0 saturated carbocycles. The van der Waals surface area contributed by atoms with Gasteiger partial charge in [0.2, 0.25) is 5.91 Å². The fourth-order valence-corrected chi connectivity index (χ4v) is 3.26. The van der Waals surface area contributed by atoms with Crippen molar-refractivity contribution in [2.75, 3.05) is 26.2 Å². The Morgan fingerprint density at radius 3 is 2.57 bits per heavy atom. The van der Waals surface area contributed by atoms with E-state index in [0.717, 1.165) is 12.5 Å². The zero-order chi connectivity index (χ0) is 16.6. The zero-order valence-corrected chi connectivity index (χ0v) is 12.6. The molecule has 0 radical (unpaired) electrons. The maximum Gasteiger partial charge on any atom is 0.416 e. The van der Waals surface area contributed by atoms with Gasteiger partial charge in [0, 0.05) is 25.7 Å². The van der Waals surface area contributed by atoms with Gasteiger partial charge in [-0.05, 0) is 24.5 Å². The first-order valence-corrected chi connectivity index (χ1v) is 7.72. The highest BCUT2D eigenvalue weighted by Crippen LogP contribution is 2.40. The number of amides is 1. The molecule has 2 atom stereocenters. The molecule has 0 aromatic heterocycles. The van der Waals surface area contributed by atoms with Crippen LogP contribution in [-0.4, -0.2) is 53.1 Å². The number of hydrogen-bond acceptors (Lipinski definition) is 3. The molecule has 0 aliphatic carbocycles. The first-order chi connectivity index (χ1) is 10.9. The van der Waals surface area contributed by atoms with Crippen LogP contribution >= 0.6 is 0 Å². The Labute approximate surface area is 132 Å². The number of likely N-dealkylation sites (tertiary alicyclic amines) is 2. The summed E-state index contributed by atoms with van der Waals surface area (Å²) in [6.45, 7) is 1.68. The topological polar surface area (TPSA) is 43.8 Å². The molecule has 0 bridgehead atoms. The van der Waals surface area contributed by atoms with Crippen LogP contribution < -0.4 is 0 Å². The van der Waals surface area contributed by atoms with Crippen LogP contribution in [-0.2, 0) is 11.0 Å². The van der Waals surface area contributed by atoms with Gasteiger partial charge < -0.3 is 10.0 Å². The van der Waals surface area contributed by atoms with Crippen molar-refractivity contribution in [2.45, 2.75) is 31.2 Å². The predicted molar refractivity (Wildman–Crippen MR) is 77.6 cm³/mol. The third-order valence-corrected chi connectivity index (χ3v) is 4.55. The molecule has 1 amide bonds. The number of carbonyl (C=O) groups is 1. The van der Waals surface area contributed by atoms with E-state index in [1.165, 1.54) is 12.1 Å². The highest BCUT2D eigenvalue weighted by atomic mass is 19.4. The third kappa shape index (κ3) is 3.35. The number of β-amino-alcohol motifs (C(OH)–C–C–N with tert-alkyl or cyclic N) is 1. The maximum absolute atomic E-state index is 13.2. The molecule has 2 heterocycles. The second-order valence-electron chi connectivity index (χ2n) is 6.15. The van der Waals surface area contributed by atoms with Gasteiger partial charge in [-0.25, -0.2) is 0 Å². The van der Waals surface area contributed by atoms with Gasteiger partial charge in [0.25, 0.3) is 0 Å². The van der Waals surface area contributed by atoms with Crippen LogP contribution in [0.5, 0.6) is 0 Å². The molecule has 2 aliphatic heterocycles. The molecular formula is C16H19F3N2O2. The lowest BCUT2D eigenvalue weighted by molar-refractivity contribution is -0.138. The predicted octanol–water partition coefficient (Wildman–Crippen LogP) is 2.05. The van der Waals surface area contributed by atoms with Crippen molar-refractivity contribution in [2.24, 2.45) is 0 Å². The SMILES string of the molecule is O=C(CN1C[C@@H](O)C[C@H]1c1ccccc1C(F)(F)F)N1CCC1. The van der Waals surface area contributed by atoms with E-state index in [-0.39, 0.29) is 31.0 Å². The van der Waals surface area contributed by atoms with Crippen LogP contribution in [0.1, 0.15) is 30.0 Å². The summed E-state index contributed by atoms with van der Waals surface area (Å²) in [6.07, 6.45) is -3.99. The van der Waals surface area contributed by atoms with Crippen LogP contribution in [0, 0.1) is 0 Å². The smallest absolute Gasteiger partial charge is 0.392 e. The number of alkyl halides is 3. The summed E-state index contributed by atoms with van der Waals surface area (Å²) in [5, 5.41) is 9.90. The Kier molecular flexibility index (Phi) is 4.33. The van der Waals surface area contributed by atoms with Gasteiger partial charge in [-0.1, -0.05) is 18.2 Å². The standard InChI is InChI=1S/C16H19F3N2O2/c17-16(18,19)13-5-2-1-4-12(13)14-8-11(22)9-21(14)10-15(23)20-6-3-7-20/h1-2,4-5,11,14,22H,3,6-10H2/t11-,14-/m0/s1. The summed E-state index contributed by atoms with van der Waals surface area (Å²) in [7, 11) is 0. The largest absolute Gasteiger partial charge is 0.416 e. The molecule has 1 aromatic carbocycles. The second kappa shape index (κ2) is 6.13. The molecule has 4 nitrogen and oxygen atoms in total. The van der Waals surface area contributed by atoms with Gasteiger partial charge >= 0.3 is 6.18 Å². The van der Waals surface area contributed by atoms with Crippen molar-refractivity contribution in [3.8, 4) is 0 Å². The molecule has 23 heavy (non-hydrogen) atoms. The number of aliphatic hydroxyl groups excluding tert-OH is 1. The summed E-state index contributed by atoms with van der Waals surface area (Å²) in [5.41, 5.74) is -0.562. The van der Waals surface area contributed by atoms with E-state index in [0.29, 0.717) is 13.1 Å². The van der Waals surface area contributed by atoms with Gasteiger partial charge in [-0.3, -0.25) is 9.69 Å². The zero-order valence-electron chi connectivity index (χ0n) is 12.6. The molecule has 0 unspecified atom stereocenters. The lowest BCUT2D eigenvalue weighted by atomic mass is 9.97. The van der Waals surface area contributed by atoms with Gasteiger partial charge in [-0.15, -0.1) is 0 Å². The lowest BCUT2D eigenvalue weighted by Gasteiger charge is -2.34. The minimum Gasteiger partial charge on any atom is -0.392 e. The quantitative estimate of drug-likeness (QED) is 0.923. The fourth-order valence-electron chi connectivity index (χ4n) is 3.26. The Morgan fingerprint density at radius 1 is 1.26 bits per heavy atom. The van der Waals surface area contributed by atoms with Crippen LogP contribution in [0.3, 0.4) is 0 Å². The summed E-state index contributed by atoms with van der Waals surface area (Å²) >= 11 is 0. The average molecular weight is 328 g/mol. The van der Waals surface area contributed by atoms with E-state index in [4.69, 9.17) is 0 Å². The first kappa shape index (κ1) is 16.3. The van der Waals surface area contributed by atoms with Crippen LogP contribution in [0.15, 0.2) is 24.3 Å². The molecule has 1 aromatic rings. The summed E-state index contributed by atoms with van der Waals surface area (Å²) in [6, 6.07) is 4.81. The second-order valence-corrected chi connectivity index (χ2v) is 6.15. The molecule has 0 spiro atoms. The molecule has 1 N–H and O–H groups in total. The molecule has 3 rings (SSSR count). The van der Waals surface area contributed by atoms with Crippen molar-refractivity contribution < 1.29 is 23.1 Å². The Balaban J connectivity index is 1.83. The van der Waals surface area contributed by atoms with Crippen molar-refractivity contribution in [1.82, 2.24) is 9.80 Å².